The summed E-state index contributed by atoms with van der Waals surface area (Å²) in [6.45, 7) is 1.92. The first-order chi connectivity index (χ1) is 17.6. The normalized spacial score (nSPS) is 11.7. The van der Waals surface area contributed by atoms with Gasteiger partial charge >= 0.3 is 0 Å². The van der Waals surface area contributed by atoms with E-state index in [0.717, 1.165) is 16.7 Å². The molecule has 0 saturated carbocycles. The Labute approximate surface area is 207 Å². The molecule has 1 amide bonds. The van der Waals surface area contributed by atoms with Gasteiger partial charge in [-0.25, -0.2) is 9.97 Å². The molecule has 1 atom stereocenters. The fourth-order valence-corrected chi connectivity index (χ4v) is 3.81. The third-order valence-electron chi connectivity index (χ3n) is 5.57. The maximum absolute atomic E-state index is 12.9. The number of aromatic nitrogens is 4. The minimum atomic E-state index is -0.293. The lowest BCUT2D eigenvalue weighted by atomic mass is 10.1. The number of aromatic amines is 1. The lowest BCUT2D eigenvalue weighted by Gasteiger charge is -2.15. The number of nitrogens with one attached hydrogen (secondary N) is 2. The molecule has 36 heavy (non-hydrogen) atoms. The van der Waals surface area contributed by atoms with Gasteiger partial charge in [-0.1, -0.05) is 18.2 Å². The number of hydrogen-bond donors (Lipinski definition) is 2. The van der Waals surface area contributed by atoms with Crippen LogP contribution in [0.25, 0.3) is 11.0 Å². The van der Waals surface area contributed by atoms with Gasteiger partial charge in [-0.05, 0) is 67.6 Å². The first-order valence-corrected chi connectivity index (χ1v) is 11.5. The number of rotatable bonds is 8. The Kier molecular flexibility index (Phi) is 6.48. The average Bonchev–Trinajstić information content (AvgIpc) is 3.34. The lowest BCUT2D eigenvalue weighted by molar-refractivity contribution is 0.0936. The van der Waals surface area contributed by atoms with Crippen molar-refractivity contribution in [3.63, 3.8) is 0 Å². The fraction of sp³-hybridized carbons (Fsp3) is 0.107. The monoisotopic (exact) mass is 477 g/mol. The predicted octanol–water partition coefficient (Wildman–Crippen LogP) is 4.74. The largest absolute Gasteiger partial charge is 0.438 e. The Morgan fingerprint density at radius 1 is 0.917 bits per heavy atom. The Hall–Kier alpha value is -4.85. The van der Waals surface area contributed by atoms with E-state index in [-0.39, 0.29) is 29.4 Å². The first kappa shape index (κ1) is 22.9. The van der Waals surface area contributed by atoms with E-state index >= 15 is 0 Å². The minimum absolute atomic E-state index is 0.135. The Bertz CT molecular complexity index is 1480. The topological polar surface area (TPSA) is 110 Å². The SMILES string of the molecule is C[C@H](Cc1ccccn1)NC(=O)c1cccnc1Oc1ccc(C(=O)c2nc3ccccc3[nH]2)cc1. The van der Waals surface area contributed by atoms with Gasteiger partial charge in [0.2, 0.25) is 11.7 Å². The van der Waals surface area contributed by atoms with Gasteiger partial charge in [0.05, 0.1) is 11.0 Å². The molecule has 0 bridgehead atoms. The molecule has 8 nitrogen and oxygen atoms in total. The lowest BCUT2D eigenvalue weighted by Crippen LogP contribution is -2.34. The zero-order valence-electron chi connectivity index (χ0n) is 19.5. The maximum atomic E-state index is 12.9. The van der Waals surface area contributed by atoms with Gasteiger partial charge in [-0.15, -0.1) is 0 Å². The zero-order chi connectivity index (χ0) is 24.9. The van der Waals surface area contributed by atoms with E-state index in [1.165, 1.54) is 0 Å². The van der Waals surface area contributed by atoms with Crippen LogP contribution < -0.4 is 10.1 Å². The van der Waals surface area contributed by atoms with E-state index in [0.29, 0.717) is 23.3 Å². The number of para-hydroxylation sites is 2. The zero-order valence-corrected chi connectivity index (χ0v) is 19.5. The van der Waals surface area contributed by atoms with Crippen molar-refractivity contribution in [2.45, 2.75) is 19.4 Å². The number of hydrogen-bond acceptors (Lipinski definition) is 6. The molecule has 0 aliphatic heterocycles. The number of benzene rings is 2. The van der Waals surface area contributed by atoms with E-state index in [4.69, 9.17) is 4.74 Å². The van der Waals surface area contributed by atoms with Crippen molar-refractivity contribution in [1.82, 2.24) is 25.3 Å². The highest BCUT2D eigenvalue weighted by Gasteiger charge is 2.18. The third kappa shape index (κ3) is 5.12. The van der Waals surface area contributed by atoms with Crippen LogP contribution in [0.5, 0.6) is 11.6 Å². The minimum Gasteiger partial charge on any atom is -0.438 e. The highest BCUT2D eigenvalue weighted by atomic mass is 16.5. The fourth-order valence-electron chi connectivity index (χ4n) is 3.81. The molecular weight excluding hydrogens is 454 g/mol. The van der Waals surface area contributed by atoms with Crippen molar-refractivity contribution in [3.05, 3.63) is 114 Å². The number of ketones is 1. The summed E-state index contributed by atoms with van der Waals surface area (Å²) in [5, 5.41) is 2.97. The van der Waals surface area contributed by atoms with Gasteiger partial charge in [0.25, 0.3) is 5.91 Å². The summed E-state index contributed by atoms with van der Waals surface area (Å²) >= 11 is 0. The number of pyridine rings is 2. The van der Waals surface area contributed by atoms with Crippen LogP contribution in [0.1, 0.15) is 39.2 Å². The van der Waals surface area contributed by atoms with Crippen molar-refractivity contribution in [3.8, 4) is 11.6 Å². The number of ether oxygens (including phenoxy) is 1. The van der Waals surface area contributed by atoms with Crippen LogP contribution in [0.4, 0.5) is 0 Å². The molecule has 5 aromatic rings. The molecular formula is C28H23N5O3. The Morgan fingerprint density at radius 2 is 1.69 bits per heavy atom. The molecule has 0 spiro atoms. The first-order valence-electron chi connectivity index (χ1n) is 11.5. The van der Waals surface area contributed by atoms with E-state index in [1.807, 2.05) is 49.4 Å². The molecule has 3 heterocycles. The van der Waals surface area contributed by atoms with Crippen LogP contribution in [0.2, 0.25) is 0 Å². The number of H-pyrrole nitrogens is 1. The highest BCUT2D eigenvalue weighted by Crippen LogP contribution is 2.24. The van der Waals surface area contributed by atoms with Crippen LogP contribution in [-0.2, 0) is 6.42 Å². The van der Waals surface area contributed by atoms with Crippen molar-refractivity contribution in [2.24, 2.45) is 0 Å². The summed E-state index contributed by atoms with van der Waals surface area (Å²) in [6, 6.07) is 23.0. The number of carbonyl (C=O) groups excluding carboxylic acids is 2. The number of carbonyl (C=O) groups is 2. The average molecular weight is 478 g/mol. The van der Waals surface area contributed by atoms with Gasteiger partial charge in [0.1, 0.15) is 11.3 Å². The molecule has 2 aromatic carbocycles. The summed E-state index contributed by atoms with van der Waals surface area (Å²) < 4.78 is 5.90. The summed E-state index contributed by atoms with van der Waals surface area (Å²) in [4.78, 5) is 41.7. The molecule has 2 N–H and O–H groups in total. The van der Waals surface area contributed by atoms with Crippen LogP contribution >= 0.6 is 0 Å². The van der Waals surface area contributed by atoms with E-state index in [2.05, 4.69) is 25.3 Å². The Morgan fingerprint density at radius 3 is 2.47 bits per heavy atom. The summed E-state index contributed by atoms with van der Waals surface area (Å²) in [5.74, 6) is 0.381. The van der Waals surface area contributed by atoms with Crippen molar-refractivity contribution < 1.29 is 14.3 Å². The van der Waals surface area contributed by atoms with Gasteiger partial charge in [-0.2, -0.15) is 0 Å². The van der Waals surface area contributed by atoms with Crippen LogP contribution in [0, 0.1) is 0 Å². The number of nitrogens with zero attached hydrogens (tertiary/aromatic N) is 3. The second kappa shape index (κ2) is 10.2. The molecule has 0 fully saturated rings. The second-order valence-corrected chi connectivity index (χ2v) is 8.31. The molecule has 3 aromatic heterocycles. The number of amides is 1. The molecule has 0 aliphatic rings. The van der Waals surface area contributed by atoms with E-state index < -0.39 is 0 Å². The van der Waals surface area contributed by atoms with E-state index in [9.17, 15) is 9.59 Å². The van der Waals surface area contributed by atoms with Crippen LogP contribution in [0.3, 0.4) is 0 Å². The van der Waals surface area contributed by atoms with Crippen molar-refractivity contribution >= 4 is 22.7 Å². The number of imidazole rings is 1. The molecule has 0 saturated heterocycles. The standard InChI is InChI=1S/C28H23N5O3/c1-18(17-20-7-4-5-15-29-20)31-27(35)22-8-6-16-30-28(22)36-21-13-11-19(12-14-21)25(34)26-32-23-9-2-3-10-24(23)33-26/h2-16,18H,17H2,1H3,(H,31,35)(H,32,33)/t18-/m1/s1. The number of fused-ring (bicyclic) bond motifs is 1. The molecule has 178 valence electrons. The summed E-state index contributed by atoms with van der Waals surface area (Å²) in [5.41, 5.74) is 3.20. The molecule has 0 aliphatic carbocycles. The van der Waals surface area contributed by atoms with Crippen LogP contribution in [-0.4, -0.2) is 37.7 Å². The summed E-state index contributed by atoms with van der Waals surface area (Å²) in [6.07, 6.45) is 3.89. The van der Waals surface area contributed by atoms with Crippen LogP contribution in [0.15, 0.2) is 91.3 Å². The maximum Gasteiger partial charge on any atom is 0.257 e. The van der Waals surface area contributed by atoms with Gasteiger partial charge < -0.3 is 15.0 Å². The second-order valence-electron chi connectivity index (χ2n) is 8.31. The Balaban J connectivity index is 1.27. The molecule has 5 rings (SSSR count). The van der Waals surface area contributed by atoms with E-state index in [1.54, 1.807) is 48.8 Å². The van der Waals surface area contributed by atoms with Gasteiger partial charge in [-0.3, -0.25) is 14.6 Å². The predicted molar refractivity (Wildman–Crippen MR) is 135 cm³/mol. The quantitative estimate of drug-likeness (QED) is 0.313. The summed E-state index contributed by atoms with van der Waals surface area (Å²) in [7, 11) is 0. The molecule has 0 radical (unpaired) electrons. The third-order valence-corrected chi connectivity index (χ3v) is 5.57. The van der Waals surface area contributed by atoms with Gasteiger partial charge in [0, 0.05) is 36.1 Å². The highest BCUT2D eigenvalue weighted by molar-refractivity contribution is 6.08. The molecule has 0 unspecified atom stereocenters. The van der Waals surface area contributed by atoms with Crippen molar-refractivity contribution in [1.29, 1.82) is 0 Å². The molecule has 8 heteroatoms. The van der Waals surface area contributed by atoms with Gasteiger partial charge in [0.15, 0.2) is 5.82 Å². The smallest absolute Gasteiger partial charge is 0.257 e. The van der Waals surface area contributed by atoms with Crippen molar-refractivity contribution in [2.75, 3.05) is 0 Å².